The summed E-state index contributed by atoms with van der Waals surface area (Å²) in [6, 6.07) is 5.96. The second kappa shape index (κ2) is 8.53. The summed E-state index contributed by atoms with van der Waals surface area (Å²) in [4.78, 5) is 30.8. The summed E-state index contributed by atoms with van der Waals surface area (Å²) in [6.07, 6.45) is 1.76. The standard InChI is InChI=1S/C20H17FN2O6/c1-2-11-7-14(25)9-16-19(11)28-20(22-16)12-3-5-17(15(21)8-12)29-23-13(10-24)4-6-18(26)27/h2-3,5,7-10,13,23,25H,1,4,6H2,(H,26,27)/t13-/m0/s1. The Bertz CT molecular complexity index is 1080. The summed E-state index contributed by atoms with van der Waals surface area (Å²) in [7, 11) is 0. The highest BCUT2D eigenvalue weighted by molar-refractivity contribution is 5.86. The molecule has 8 nitrogen and oxygen atoms in total. The Morgan fingerprint density at radius 3 is 2.83 bits per heavy atom. The molecule has 0 radical (unpaired) electrons. The molecule has 0 bridgehead atoms. The van der Waals surface area contributed by atoms with Crippen LogP contribution in [0.25, 0.3) is 28.6 Å². The van der Waals surface area contributed by atoms with Gasteiger partial charge in [-0.3, -0.25) is 4.79 Å². The number of hydrogen-bond acceptors (Lipinski definition) is 7. The Hall–Kier alpha value is -3.72. The molecule has 9 heteroatoms. The maximum absolute atomic E-state index is 14.4. The number of oxazole rings is 1. The maximum atomic E-state index is 14.4. The molecule has 1 atom stereocenters. The second-order valence-electron chi connectivity index (χ2n) is 6.15. The van der Waals surface area contributed by atoms with Gasteiger partial charge in [0.25, 0.3) is 0 Å². The first-order chi connectivity index (χ1) is 13.9. The van der Waals surface area contributed by atoms with Crippen molar-refractivity contribution in [1.82, 2.24) is 10.5 Å². The van der Waals surface area contributed by atoms with Gasteiger partial charge in [0.1, 0.15) is 17.6 Å². The molecule has 1 heterocycles. The first kappa shape index (κ1) is 20.0. The van der Waals surface area contributed by atoms with Crippen LogP contribution in [0.2, 0.25) is 0 Å². The Morgan fingerprint density at radius 1 is 1.38 bits per heavy atom. The molecule has 0 amide bonds. The first-order valence-electron chi connectivity index (χ1n) is 8.56. The zero-order valence-electron chi connectivity index (χ0n) is 15.1. The van der Waals surface area contributed by atoms with Crippen molar-refractivity contribution in [1.29, 1.82) is 0 Å². The quantitative estimate of drug-likeness (QED) is 0.369. The topological polar surface area (TPSA) is 122 Å². The number of benzene rings is 2. The Labute approximate surface area is 164 Å². The number of carbonyl (C=O) groups excluding carboxylic acids is 1. The van der Waals surface area contributed by atoms with Gasteiger partial charge < -0.3 is 24.3 Å². The van der Waals surface area contributed by atoms with E-state index in [1.165, 1.54) is 30.3 Å². The number of phenolic OH excluding ortho intramolecular Hbond substituents is 1. The van der Waals surface area contributed by atoms with E-state index < -0.39 is 17.8 Å². The summed E-state index contributed by atoms with van der Waals surface area (Å²) in [5.41, 5.74) is 4.01. The van der Waals surface area contributed by atoms with Gasteiger partial charge in [0, 0.05) is 23.6 Å². The van der Waals surface area contributed by atoms with Crippen molar-refractivity contribution >= 4 is 29.4 Å². The number of carboxylic acid groups (broad SMARTS) is 1. The predicted molar refractivity (Wildman–Crippen MR) is 102 cm³/mol. The van der Waals surface area contributed by atoms with Gasteiger partial charge in [-0.05, 0) is 30.7 Å². The number of rotatable bonds is 9. The summed E-state index contributed by atoms with van der Waals surface area (Å²) in [6.45, 7) is 3.65. The van der Waals surface area contributed by atoms with Crippen LogP contribution in [0, 0.1) is 5.82 Å². The number of hydroxylamine groups is 1. The molecule has 1 aromatic heterocycles. The molecular formula is C20H17FN2O6. The van der Waals surface area contributed by atoms with Crippen molar-refractivity contribution in [2.24, 2.45) is 0 Å². The van der Waals surface area contributed by atoms with Gasteiger partial charge in [0.2, 0.25) is 5.89 Å². The third kappa shape index (κ3) is 4.58. The smallest absolute Gasteiger partial charge is 0.303 e. The zero-order chi connectivity index (χ0) is 21.0. The highest BCUT2D eigenvalue weighted by atomic mass is 19.1. The molecule has 0 aliphatic rings. The minimum Gasteiger partial charge on any atom is -0.508 e. The summed E-state index contributed by atoms with van der Waals surface area (Å²) >= 11 is 0. The monoisotopic (exact) mass is 400 g/mol. The molecule has 0 spiro atoms. The lowest BCUT2D eigenvalue weighted by molar-refractivity contribution is -0.137. The second-order valence-corrected chi connectivity index (χ2v) is 6.15. The SMILES string of the molecule is C=Cc1cc(O)cc2nc(-c3ccc(ON[C@H](C=O)CCC(=O)O)c(F)c3)oc12. The number of halogens is 1. The van der Waals surface area contributed by atoms with Crippen LogP contribution >= 0.6 is 0 Å². The van der Waals surface area contributed by atoms with Crippen molar-refractivity contribution in [2.75, 3.05) is 0 Å². The normalized spacial score (nSPS) is 11.9. The maximum Gasteiger partial charge on any atom is 0.303 e. The number of nitrogens with zero attached hydrogens (tertiary/aromatic N) is 1. The number of aromatic hydroxyl groups is 1. The van der Waals surface area contributed by atoms with Gasteiger partial charge >= 0.3 is 5.97 Å². The third-order valence-corrected chi connectivity index (χ3v) is 4.06. The van der Waals surface area contributed by atoms with Gasteiger partial charge in [-0.25, -0.2) is 9.37 Å². The Balaban J connectivity index is 1.79. The van der Waals surface area contributed by atoms with E-state index in [9.17, 15) is 19.1 Å². The predicted octanol–water partition coefficient (Wildman–Crippen LogP) is 3.30. The average Bonchev–Trinajstić information content (AvgIpc) is 3.12. The van der Waals surface area contributed by atoms with Gasteiger partial charge in [0.05, 0.1) is 6.04 Å². The van der Waals surface area contributed by atoms with Crippen LogP contribution in [0.5, 0.6) is 11.5 Å². The molecule has 0 fully saturated rings. The Morgan fingerprint density at radius 2 is 2.17 bits per heavy atom. The van der Waals surface area contributed by atoms with Crippen molar-refractivity contribution in [2.45, 2.75) is 18.9 Å². The molecule has 2 aromatic carbocycles. The Kier molecular flexibility index (Phi) is 5.89. The number of hydrogen-bond donors (Lipinski definition) is 3. The molecule has 150 valence electrons. The van der Waals surface area contributed by atoms with E-state index in [1.54, 1.807) is 0 Å². The highest BCUT2D eigenvalue weighted by Crippen LogP contribution is 2.31. The van der Waals surface area contributed by atoms with Crippen molar-refractivity contribution in [3.8, 4) is 23.0 Å². The van der Waals surface area contributed by atoms with Crippen molar-refractivity contribution in [3.05, 3.63) is 48.3 Å². The van der Waals surface area contributed by atoms with E-state index in [2.05, 4.69) is 17.0 Å². The van der Waals surface area contributed by atoms with E-state index >= 15 is 0 Å². The van der Waals surface area contributed by atoms with E-state index in [4.69, 9.17) is 14.4 Å². The van der Waals surface area contributed by atoms with Crippen LogP contribution < -0.4 is 10.3 Å². The van der Waals surface area contributed by atoms with Gasteiger partial charge in [-0.2, -0.15) is 0 Å². The average molecular weight is 400 g/mol. The molecule has 0 unspecified atom stereocenters. The molecule has 0 aliphatic carbocycles. The van der Waals surface area contributed by atoms with Crippen molar-refractivity contribution in [3.63, 3.8) is 0 Å². The number of carbonyl (C=O) groups is 2. The fraction of sp³-hybridized carbons (Fsp3) is 0.150. The number of phenols is 1. The fourth-order valence-corrected chi connectivity index (χ4v) is 2.61. The number of aliphatic carboxylic acids is 1. The van der Waals surface area contributed by atoms with Gasteiger partial charge in [0.15, 0.2) is 17.1 Å². The third-order valence-electron chi connectivity index (χ3n) is 4.06. The number of carboxylic acids is 1. The molecule has 3 aromatic rings. The summed E-state index contributed by atoms with van der Waals surface area (Å²) < 4.78 is 20.1. The van der Waals surface area contributed by atoms with Crippen LogP contribution in [0.3, 0.4) is 0 Å². The van der Waals surface area contributed by atoms with Crippen LogP contribution in [0.4, 0.5) is 4.39 Å². The first-order valence-corrected chi connectivity index (χ1v) is 8.56. The summed E-state index contributed by atoms with van der Waals surface area (Å²) in [5.74, 6) is -1.84. The molecule has 0 saturated heterocycles. The van der Waals surface area contributed by atoms with Crippen LogP contribution in [0.15, 0.2) is 41.3 Å². The van der Waals surface area contributed by atoms with Crippen LogP contribution in [0.1, 0.15) is 18.4 Å². The van der Waals surface area contributed by atoms with E-state index in [1.807, 2.05) is 0 Å². The number of aldehydes is 1. The summed E-state index contributed by atoms with van der Waals surface area (Å²) in [5, 5.41) is 18.4. The minimum atomic E-state index is -1.06. The van der Waals surface area contributed by atoms with Crippen LogP contribution in [-0.4, -0.2) is 33.5 Å². The lowest BCUT2D eigenvalue weighted by Gasteiger charge is -2.13. The van der Waals surface area contributed by atoms with Crippen molar-refractivity contribution < 1.29 is 33.4 Å². The highest BCUT2D eigenvalue weighted by Gasteiger charge is 2.16. The van der Waals surface area contributed by atoms with Gasteiger partial charge in [-0.1, -0.05) is 12.7 Å². The molecule has 3 N–H and O–H groups in total. The molecule has 0 aliphatic heterocycles. The largest absolute Gasteiger partial charge is 0.508 e. The fourth-order valence-electron chi connectivity index (χ4n) is 2.61. The minimum absolute atomic E-state index is 0.0000768. The van der Waals surface area contributed by atoms with E-state index in [-0.39, 0.29) is 30.2 Å². The van der Waals surface area contributed by atoms with Crippen LogP contribution in [-0.2, 0) is 9.59 Å². The molecular weight excluding hydrogens is 383 g/mol. The molecule has 29 heavy (non-hydrogen) atoms. The van der Waals surface area contributed by atoms with Gasteiger partial charge in [-0.15, -0.1) is 5.48 Å². The van der Waals surface area contributed by atoms with E-state index in [0.29, 0.717) is 28.5 Å². The van der Waals surface area contributed by atoms with E-state index in [0.717, 1.165) is 6.07 Å². The lowest BCUT2D eigenvalue weighted by atomic mass is 10.2. The number of nitrogens with one attached hydrogen (secondary N) is 1. The molecule has 3 rings (SSSR count). The number of aromatic nitrogens is 1. The molecule has 0 saturated carbocycles. The number of fused-ring (bicyclic) bond motifs is 1. The lowest BCUT2D eigenvalue weighted by Crippen LogP contribution is -2.34. The zero-order valence-corrected chi connectivity index (χ0v) is 15.1.